The molecule has 0 saturated heterocycles. The van der Waals surface area contributed by atoms with Gasteiger partial charge in [-0.3, -0.25) is 0 Å². The molecule has 0 radical (unpaired) electrons. The first kappa shape index (κ1) is 8.96. The lowest BCUT2D eigenvalue weighted by molar-refractivity contribution is 0.526. The summed E-state index contributed by atoms with van der Waals surface area (Å²) < 4.78 is 0. The van der Waals surface area contributed by atoms with Crippen LogP contribution in [0.1, 0.15) is 5.69 Å². The predicted molar refractivity (Wildman–Crippen MR) is 58.7 cm³/mol. The van der Waals surface area contributed by atoms with Gasteiger partial charge in [0.2, 0.25) is 0 Å². The van der Waals surface area contributed by atoms with E-state index in [0.29, 0.717) is 0 Å². The van der Waals surface area contributed by atoms with Gasteiger partial charge in [-0.1, -0.05) is 18.2 Å². The second-order valence-corrected chi connectivity index (χ2v) is 3.46. The highest BCUT2D eigenvalue weighted by Gasteiger charge is 2.16. The van der Waals surface area contributed by atoms with Gasteiger partial charge in [0.25, 0.3) is 0 Å². The Kier molecular flexibility index (Phi) is 2.07. The Morgan fingerprint density at radius 1 is 1.12 bits per heavy atom. The summed E-state index contributed by atoms with van der Waals surface area (Å²) in [5.74, 6) is 0. The summed E-state index contributed by atoms with van der Waals surface area (Å²) in [6.07, 6.45) is 13.9. The van der Waals surface area contributed by atoms with E-state index >= 15 is 0 Å². The highest BCUT2D eigenvalue weighted by atomic mass is 15.4. The minimum atomic E-state index is 0.742. The van der Waals surface area contributed by atoms with Crippen LogP contribution in [-0.4, -0.2) is 32.1 Å². The largest absolute Gasteiger partial charge is 0.344 e. The molecule has 0 atom stereocenters. The van der Waals surface area contributed by atoms with Crippen molar-refractivity contribution in [3.63, 3.8) is 0 Å². The highest BCUT2D eigenvalue weighted by Crippen LogP contribution is 2.26. The van der Waals surface area contributed by atoms with Crippen molar-refractivity contribution in [2.24, 2.45) is 0 Å². The summed E-state index contributed by atoms with van der Waals surface area (Å²) >= 11 is 0. The van der Waals surface area contributed by atoms with Crippen LogP contribution in [0.2, 0.25) is 0 Å². The molecule has 1 aromatic heterocycles. The Balaban J connectivity index is 2.12. The van der Waals surface area contributed by atoms with Crippen LogP contribution in [0.3, 0.4) is 0 Å². The van der Waals surface area contributed by atoms with E-state index in [1.165, 1.54) is 0 Å². The number of aromatic nitrogens is 4. The summed E-state index contributed by atoms with van der Waals surface area (Å²) in [5.41, 5.74) is 2.88. The maximum atomic E-state index is 3.98. The normalized spacial score (nSPS) is 17.9. The van der Waals surface area contributed by atoms with Crippen LogP contribution in [0.5, 0.6) is 0 Å². The monoisotopic (exact) mass is 211 g/mol. The fourth-order valence-corrected chi connectivity index (χ4v) is 1.79. The number of allylic oxidation sites excluding steroid dienone is 5. The van der Waals surface area contributed by atoms with Crippen LogP contribution >= 0.6 is 0 Å². The molecule has 2 aliphatic rings. The van der Waals surface area contributed by atoms with Gasteiger partial charge in [-0.2, -0.15) is 0 Å². The van der Waals surface area contributed by atoms with Gasteiger partial charge in [0, 0.05) is 18.3 Å². The number of rotatable bonds is 1. The van der Waals surface area contributed by atoms with Gasteiger partial charge >= 0.3 is 0 Å². The molecule has 5 nitrogen and oxygen atoms in total. The standard InChI is InChI=1S/C11H9N5/c1-2-6-16-7-3-4-9(11(16)5-1)10-8-12-14-15-13-10/h1-6,8H,7H2. The van der Waals surface area contributed by atoms with Crippen molar-refractivity contribution in [2.75, 3.05) is 6.54 Å². The molecule has 0 unspecified atom stereocenters. The number of nitrogens with zero attached hydrogens (tertiary/aromatic N) is 5. The molecule has 78 valence electrons. The van der Waals surface area contributed by atoms with Crippen LogP contribution in [0.25, 0.3) is 5.57 Å². The number of fused-ring (bicyclic) bond motifs is 1. The first-order valence-electron chi connectivity index (χ1n) is 4.99. The summed E-state index contributed by atoms with van der Waals surface area (Å²) in [6, 6.07) is 0. The minimum Gasteiger partial charge on any atom is -0.344 e. The Hall–Kier alpha value is -2.30. The minimum absolute atomic E-state index is 0.742. The van der Waals surface area contributed by atoms with Crippen molar-refractivity contribution in [3.05, 3.63) is 54.2 Å². The molecule has 3 heterocycles. The Morgan fingerprint density at radius 3 is 3.00 bits per heavy atom. The molecule has 1 aromatic rings. The molecule has 5 heteroatoms. The van der Waals surface area contributed by atoms with Crippen LogP contribution in [0, 0.1) is 0 Å². The molecule has 0 fully saturated rings. The van der Waals surface area contributed by atoms with E-state index < -0.39 is 0 Å². The van der Waals surface area contributed by atoms with Crippen molar-refractivity contribution in [1.82, 2.24) is 25.5 Å². The van der Waals surface area contributed by atoms with E-state index in [1.54, 1.807) is 6.20 Å². The van der Waals surface area contributed by atoms with Crippen molar-refractivity contribution in [2.45, 2.75) is 0 Å². The Bertz CT molecular complexity index is 512. The van der Waals surface area contributed by atoms with E-state index in [-0.39, 0.29) is 0 Å². The van der Waals surface area contributed by atoms with E-state index in [2.05, 4.69) is 37.7 Å². The first-order chi connectivity index (χ1) is 7.95. The van der Waals surface area contributed by atoms with E-state index in [1.807, 2.05) is 24.4 Å². The molecule has 0 bridgehead atoms. The average molecular weight is 211 g/mol. The zero-order valence-corrected chi connectivity index (χ0v) is 8.48. The molecule has 0 N–H and O–H groups in total. The fraction of sp³-hybridized carbons (Fsp3) is 0.0909. The van der Waals surface area contributed by atoms with E-state index in [9.17, 15) is 0 Å². The third-order valence-corrected chi connectivity index (χ3v) is 2.50. The molecular weight excluding hydrogens is 202 g/mol. The van der Waals surface area contributed by atoms with Gasteiger partial charge in [-0.05, 0) is 22.6 Å². The lowest BCUT2D eigenvalue weighted by Gasteiger charge is -2.27. The van der Waals surface area contributed by atoms with Crippen molar-refractivity contribution >= 4 is 5.57 Å². The van der Waals surface area contributed by atoms with E-state index in [4.69, 9.17) is 0 Å². The Labute approximate surface area is 92.5 Å². The van der Waals surface area contributed by atoms with Crippen molar-refractivity contribution in [1.29, 1.82) is 0 Å². The summed E-state index contributed by atoms with van der Waals surface area (Å²) in [5, 5.41) is 14.7. The zero-order valence-electron chi connectivity index (χ0n) is 8.48. The van der Waals surface area contributed by atoms with Gasteiger partial charge in [-0.25, -0.2) is 0 Å². The van der Waals surface area contributed by atoms with Crippen LogP contribution < -0.4 is 0 Å². The number of hydrogen-bond acceptors (Lipinski definition) is 5. The average Bonchev–Trinajstić information content (AvgIpc) is 2.39. The smallest absolute Gasteiger partial charge is 0.117 e. The molecule has 0 spiro atoms. The first-order valence-corrected chi connectivity index (χ1v) is 4.99. The van der Waals surface area contributed by atoms with Crippen LogP contribution in [0.15, 0.2) is 48.5 Å². The second kappa shape index (κ2) is 3.69. The topological polar surface area (TPSA) is 54.8 Å². The van der Waals surface area contributed by atoms with Gasteiger partial charge in [0.05, 0.1) is 11.9 Å². The molecule has 0 aromatic carbocycles. The molecule has 16 heavy (non-hydrogen) atoms. The summed E-state index contributed by atoms with van der Waals surface area (Å²) in [4.78, 5) is 2.15. The molecule has 0 saturated carbocycles. The van der Waals surface area contributed by atoms with Gasteiger partial charge in [-0.15, -0.1) is 10.2 Å². The third kappa shape index (κ3) is 1.42. The van der Waals surface area contributed by atoms with Crippen molar-refractivity contribution < 1.29 is 0 Å². The number of hydrogen-bond donors (Lipinski definition) is 0. The lowest BCUT2D eigenvalue weighted by atomic mass is 10.0. The van der Waals surface area contributed by atoms with Gasteiger partial charge in [0.15, 0.2) is 0 Å². The van der Waals surface area contributed by atoms with Crippen molar-refractivity contribution in [3.8, 4) is 0 Å². The third-order valence-electron chi connectivity index (χ3n) is 2.50. The quantitative estimate of drug-likeness (QED) is 0.691. The summed E-state index contributed by atoms with van der Waals surface area (Å²) in [7, 11) is 0. The summed E-state index contributed by atoms with van der Waals surface area (Å²) in [6.45, 7) is 0.881. The lowest BCUT2D eigenvalue weighted by Crippen LogP contribution is -2.21. The van der Waals surface area contributed by atoms with Gasteiger partial charge in [0.1, 0.15) is 5.69 Å². The molecule has 0 amide bonds. The van der Waals surface area contributed by atoms with Gasteiger partial charge < -0.3 is 4.90 Å². The molecule has 2 aliphatic heterocycles. The fourth-order valence-electron chi connectivity index (χ4n) is 1.79. The zero-order chi connectivity index (χ0) is 10.8. The SMILES string of the molecule is C1=CC2=C(c3cnnnn3)C=CCN2C=C1. The molecule has 0 aliphatic carbocycles. The second-order valence-electron chi connectivity index (χ2n) is 3.46. The molecule has 3 rings (SSSR count). The highest BCUT2D eigenvalue weighted by molar-refractivity contribution is 5.77. The van der Waals surface area contributed by atoms with E-state index in [0.717, 1.165) is 23.5 Å². The Morgan fingerprint density at radius 2 is 2.12 bits per heavy atom. The van der Waals surface area contributed by atoms with Crippen LogP contribution in [0.4, 0.5) is 0 Å². The molecular formula is C11H9N5. The maximum absolute atomic E-state index is 3.98. The maximum Gasteiger partial charge on any atom is 0.117 e. The predicted octanol–water partition coefficient (Wildman–Crippen LogP) is 0.933. The van der Waals surface area contributed by atoms with Crippen LogP contribution in [-0.2, 0) is 0 Å².